The number of aromatic nitrogens is 1. The molecule has 0 fully saturated rings. The van der Waals surface area contributed by atoms with Crippen LogP contribution in [0.2, 0.25) is 5.02 Å². The smallest absolute Gasteiger partial charge is 0.130 e. The van der Waals surface area contributed by atoms with Crippen molar-refractivity contribution in [2.45, 2.75) is 39.5 Å². The van der Waals surface area contributed by atoms with E-state index in [1.165, 1.54) is 5.56 Å². The minimum Gasteiger partial charge on any atom is -0.370 e. The van der Waals surface area contributed by atoms with Gasteiger partial charge in [-0.05, 0) is 36.1 Å². The van der Waals surface area contributed by atoms with Crippen molar-refractivity contribution in [2.75, 3.05) is 11.9 Å². The van der Waals surface area contributed by atoms with E-state index in [9.17, 15) is 0 Å². The van der Waals surface area contributed by atoms with Crippen molar-refractivity contribution >= 4 is 28.3 Å². The Hall–Kier alpha value is -1.28. The molecule has 0 bridgehead atoms. The number of hydrogen-bond donors (Lipinski definition) is 1. The third kappa shape index (κ3) is 3.19. The van der Waals surface area contributed by atoms with Crippen LogP contribution in [0.25, 0.3) is 10.9 Å². The van der Waals surface area contributed by atoms with Crippen LogP contribution in [0.1, 0.15) is 39.7 Å². The summed E-state index contributed by atoms with van der Waals surface area (Å²) in [6.45, 7) is 9.71. The fraction of sp³-hybridized carbons (Fsp3) is 0.438. The Balaban J connectivity index is 2.60. The van der Waals surface area contributed by atoms with Crippen LogP contribution in [0.5, 0.6) is 0 Å². The molecule has 1 N–H and O–H groups in total. The van der Waals surface area contributed by atoms with Crippen molar-refractivity contribution in [3.05, 3.63) is 34.9 Å². The van der Waals surface area contributed by atoms with Gasteiger partial charge in [-0.15, -0.1) is 0 Å². The van der Waals surface area contributed by atoms with Gasteiger partial charge in [0.1, 0.15) is 5.82 Å². The SMILES string of the molecule is CCCNc1nc2ccc(Cl)cc2cc1C(C)(C)C. The maximum absolute atomic E-state index is 6.07. The van der Waals surface area contributed by atoms with Crippen LogP contribution in [-0.4, -0.2) is 11.5 Å². The molecule has 0 unspecified atom stereocenters. The lowest BCUT2D eigenvalue weighted by molar-refractivity contribution is 0.590. The minimum absolute atomic E-state index is 0.0551. The molecular formula is C16H21ClN2. The van der Waals surface area contributed by atoms with Gasteiger partial charge in [0.05, 0.1) is 5.52 Å². The second-order valence-corrected chi connectivity index (χ2v) is 6.33. The second-order valence-electron chi connectivity index (χ2n) is 5.90. The second kappa shape index (κ2) is 5.38. The van der Waals surface area contributed by atoms with E-state index >= 15 is 0 Å². The molecule has 2 rings (SSSR count). The number of rotatable bonds is 3. The number of hydrogen-bond acceptors (Lipinski definition) is 2. The molecule has 0 spiro atoms. The monoisotopic (exact) mass is 276 g/mol. The number of fused-ring (bicyclic) bond motifs is 1. The zero-order chi connectivity index (χ0) is 14.0. The van der Waals surface area contributed by atoms with Crippen molar-refractivity contribution in [2.24, 2.45) is 0 Å². The summed E-state index contributed by atoms with van der Waals surface area (Å²) in [6.07, 6.45) is 1.09. The summed E-state index contributed by atoms with van der Waals surface area (Å²) in [5, 5.41) is 5.28. The van der Waals surface area contributed by atoms with Crippen LogP contribution in [0, 0.1) is 0 Å². The quantitative estimate of drug-likeness (QED) is 0.852. The van der Waals surface area contributed by atoms with E-state index in [1.54, 1.807) is 0 Å². The van der Waals surface area contributed by atoms with E-state index < -0.39 is 0 Å². The molecule has 0 amide bonds. The van der Waals surface area contributed by atoms with Crippen LogP contribution in [0.15, 0.2) is 24.3 Å². The molecule has 0 aliphatic carbocycles. The van der Waals surface area contributed by atoms with E-state index in [0.717, 1.165) is 34.7 Å². The van der Waals surface area contributed by atoms with Gasteiger partial charge in [0.15, 0.2) is 0 Å². The lowest BCUT2D eigenvalue weighted by Gasteiger charge is -2.23. The Morgan fingerprint density at radius 3 is 2.58 bits per heavy atom. The first-order valence-electron chi connectivity index (χ1n) is 6.76. The average molecular weight is 277 g/mol. The summed E-state index contributed by atoms with van der Waals surface area (Å²) in [5.74, 6) is 0.990. The molecular weight excluding hydrogens is 256 g/mol. The third-order valence-corrected chi connectivity index (χ3v) is 3.36. The van der Waals surface area contributed by atoms with E-state index in [4.69, 9.17) is 16.6 Å². The number of nitrogens with zero attached hydrogens (tertiary/aromatic N) is 1. The first-order valence-corrected chi connectivity index (χ1v) is 7.14. The summed E-state index contributed by atoms with van der Waals surface area (Å²) in [4.78, 5) is 4.75. The van der Waals surface area contributed by atoms with Crippen molar-refractivity contribution in [1.29, 1.82) is 0 Å². The van der Waals surface area contributed by atoms with Gasteiger partial charge < -0.3 is 5.32 Å². The summed E-state index contributed by atoms with van der Waals surface area (Å²) < 4.78 is 0. The summed E-state index contributed by atoms with van der Waals surface area (Å²) in [7, 11) is 0. The Bertz CT molecular complexity index is 585. The molecule has 0 aliphatic heterocycles. The number of pyridine rings is 1. The Morgan fingerprint density at radius 1 is 1.21 bits per heavy atom. The Morgan fingerprint density at radius 2 is 1.95 bits per heavy atom. The standard InChI is InChI=1S/C16H21ClN2/c1-5-8-18-15-13(16(2,3)4)10-11-9-12(17)6-7-14(11)19-15/h6-7,9-10H,5,8H2,1-4H3,(H,18,19). The predicted octanol–water partition coefficient (Wildman–Crippen LogP) is 5.01. The van der Waals surface area contributed by atoms with E-state index in [1.807, 2.05) is 18.2 Å². The maximum Gasteiger partial charge on any atom is 0.130 e. The first-order chi connectivity index (χ1) is 8.91. The third-order valence-electron chi connectivity index (χ3n) is 3.13. The van der Waals surface area contributed by atoms with E-state index in [0.29, 0.717) is 0 Å². The van der Waals surface area contributed by atoms with Crippen LogP contribution in [0.3, 0.4) is 0 Å². The largest absolute Gasteiger partial charge is 0.370 e. The van der Waals surface area contributed by atoms with Gasteiger partial charge in [0, 0.05) is 22.5 Å². The van der Waals surface area contributed by atoms with Gasteiger partial charge in [-0.1, -0.05) is 39.3 Å². The van der Waals surface area contributed by atoms with E-state index in [2.05, 4.69) is 39.1 Å². The van der Waals surface area contributed by atoms with Crippen molar-refractivity contribution < 1.29 is 0 Å². The molecule has 0 saturated heterocycles. The minimum atomic E-state index is 0.0551. The maximum atomic E-state index is 6.07. The number of benzene rings is 1. The highest BCUT2D eigenvalue weighted by Crippen LogP contribution is 2.32. The molecule has 0 radical (unpaired) electrons. The number of halogens is 1. The highest BCUT2D eigenvalue weighted by molar-refractivity contribution is 6.31. The fourth-order valence-corrected chi connectivity index (χ4v) is 2.28. The highest BCUT2D eigenvalue weighted by Gasteiger charge is 2.19. The zero-order valence-corrected chi connectivity index (χ0v) is 12.8. The zero-order valence-electron chi connectivity index (χ0n) is 12.0. The number of anilines is 1. The lowest BCUT2D eigenvalue weighted by atomic mass is 9.86. The molecule has 2 aromatic rings. The molecule has 1 aromatic carbocycles. The fourth-order valence-electron chi connectivity index (χ4n) is 2.10. The van der Waals surface area contributed by atoms with Crippen molar-refractivity contribution in [3.63, 3.8) is 0 Å². The molecule has 2 nitrogen and oxygen atoms in total. The Kier molecular flexibility index (Phi) is 4.00. The van der Waals surface area contributed by atoms with Crippen LogP contribution in [0.4, 0.5) is 5.82 Å². The summed E-state index contributed by atoms with van der Waals surface area (Å²) >= 11 is 6.07. The van der Waals surface area contributed by atoms with E-state index in [-0.39, 0.29) is 5.41 Å². The molecule has 102 valence electrons. The Labute approximate surface area is 120 Å². The molecule has 19 heavy (non-hydrogen) atoms. The highest BCUT2D eigenvalue weighted by atomic mass is 35.5. The van der Waals surface area contributed by atoms with Gasteiger partial charge >= 0.3 is 0 Å². The molecule has 1 aromatic heterocycles. The van der Waals surface area contributed by atoms with Gasteiger partial charge in [0.2, 0.25) is 0 Å². The van der Waals surface area contributed by atoms with Crippen molar-refractivity contribution in [3.8, 4) is 0 Å². The normalized spacial score (nSPS) is 11.8. The number of nitrogens with one attached hydrogen (secondary N) is 1. The van der Waals surface area contributed by atoms with Gasteiger partial charge in [0.25, 0.3) is 0 Å². The van der Waals surface area contributed by atoms with Gasteiger partial charge in [-0.25, -0.2) is 4.98 Å². The van der Waals surface area contributed by atoms with Gasteiger partial charge in [-0.3, -0.25) is 0 Å². The molecule has 0 atom stereocenters. The molecule has 1 heterocycles. The van der Waals surface area contributed by atoms with Gasteiger partial charge in [-0.2, -0.15) is 0 Å². The predicted molar refractivity (Wildman–Crippen MR) is 84.2 cm³/mol. The van der Waals surface area contributed by atoms with Crippen LogP contribution in [-0.2, 0) is 5.41 Å². The van der Waals surface area contributed by atoms with Crippen LogP contribution >= 0.6 is 11.6 Å². The van der Waals surface area contributed by atoms with Crippen LogP contribution < -0.4 is 5.32 Å². The lowest BCUT2D eigenvalue weighted by Crippen LogP contribution is -2.16. The topological polar surface area (TPSA) is 24.9 Å². The molecule has 0 saturated carbocycles. The average Bonchev–Trinajstić information content (AvgIpc) is 2.34. The molecule has 0 aliphatic rings. The summed E-state index contributed by atoms with van der Waals surface area (Å²) in [5.41, 5.74) is 2.27. The van der Waals surface area contributed by atoms with Crippen molar-refractivity contribution in [1.82, 2.24) is 4.98 Å². The first kappa shape index (κ1) is 14.1. The molecule has 3 heteroatoms. The summed E-state index contributed by atoms with van der Waals surface area (Å²) in [6, 6.07) is 8.04.